The topological polar surface area (TPSA) is 77.2 Å². The van der Waals surface area contributed by atoms with Crippen molar-refractivity contribution in [2.75, 3.05) is 6.61 Å². The molecule has 3 rings (SSSR count). The van der Waals surface area contributed by atoms with Gasteiger partial charge in [-0.2, -0.15) is 0 Å². The largest absolute Gasteiger partial charge is 0.505 e. The highest BCUT2D eigenvalue weighted by Crippen LogP contribution is 2.33. The summed E-state index contributed by atoms with van der Waals surface area (Å²) >= 11 is 0. The number of nitrogens with zero attached hydrogens (tertiary/aromatic N) is 3. The summed E-state index contributed by atoms with van der Waals surface area (Å²) in [4.78, 5) is 13.0. The maximum absolute atomic E-state index is 11.5. The summed E-state index contributed by atoms with van der Waals surface area (Å²) < 4.78 is 5.19. The third kappa shape index (κ3) is 4.22. The fraction of sp³-hybridized carbons (Fsp3) is 0.318. The SMILES string of the molecule is CC=CC(=O)OCCc1cc(C(C)(C)C)cc(-n2nc3ccccc3n2)c1O. The van der Waals surface area contributed by atoms with Gasteiger partial charge >= 0.3 is 5.97 Å². The number of allylic oxidation sites excluding steroid dienone is 1. The van der Waals surface area contributed by atoms with Crippen LogP contribution in [0.5, 0.6) is 5.75 Å². The maximum atomic E-state index is 11.5. The average molecular weight is 379 g/mol. The Morgan fingerprint density at radius 2 is 1.82 bits per heavy atom. The Morgan fingerprint density at radius 3 is 2.39 bits per heavy atom. The molecule has 6 heteroatoms. The van der Waals surface area contributed by atoms with E-state index in [9.17, 15) is 9.90 Å². The van der Waals surface area contributed by atoms with Crippen molar-refractivity contribution in [2.45, 2.75) is 39.5 Å². The van der Waals surface area contributed by atoms with Gasteiger partial charge in [-0.1, -0.05) is 45.0 Å². The minimum absolute atomic E-state index is 0.0930. The molecule has 6 nitrogen and oxygen atoms in total. The number of hydrogen-bond acceptors (Lipinski definition) is 5. The van der Waals surface area contributed by atoms with Crippen molar-refractivity contribution >= 4 is 17.0 Å². The fourth-order valence-corrected chi connectivity index (χ4v) is 2.87. The lowest BCUT2D eigenvalue weighted by atomic mass is 9.85. The van der Waals surface area contributed by atoms with E-state index in [-0.39, 0.29) is 17.8 Å². The van der Waals surface area contributed by atoms with Gasteiger partial charge in [0, 0.05) is 12.5 Å². The number of benzene rings is 2. The van der Waals surface area contributed by atoms with Gasteiger partial charge in [-0.25, -0.2) is 4.79 Å². The molecule has 1 aromatic heterocycles. The third-order valence-corrected chi connectivity index (χ3v) is 4.46. The van der Waals surface area contributed by atoms with Gasteiger partial charge in [-0.15, -0.1) is 15.0 Å². The highest BCUT2D eigenvalue weighted by Gasteiger charge is 2.21. The Morgan fingerprint density at radius 1 is 1.18 bits per heavy atom. The normalized spacial score (nSPS) is 12.0. The van der Waals surface area contributed by atoms with Gasteiger partial charge in [0.15, 0.2) is 0 Å². The summed E-state index contributed by atoms with van der Waals surface area (Å²) in [7, 11) is 0. The van der Waals surface area contributed by atoms with Gasteiger partial charge in [0.1, 0.15) is 22.5 Å². The molecule has 0 unspecified atom stereocenters. The standard InChI is InChI=1S/C22H25N3O3/c1-5-8-20(26)28-12-11-15-13-16(22(2,3)4)14-19(21(15)27)25-23-17-9-6-7-10-18(17)24-25/h5-10,13-14,27H,11-12H2,1-4H3. The zero-order chi connectivity index (χ0) is 20.3. The lowest BCUT2D eigenvalue weighted by Gasteiger charge is -2.22. The predicted molar refractivity (Wildman–Crippen MR) is 109 cm³/mol. The lowest BCUT2D eigenvalue weighted by Crippen LogP contribution is -2.14. The molecule has 1 N–H and O–H groups in total. The summed E-state index contributed by atoms with van der Waals surface area (Å²) in [6.07, 6.45) is 3.40. The van der Waals surface area contributed by atoms with E-state index in [1.54, 1.807) is 13.0 Å². The molecule has 0 radical (unpaired) electrons. The highest BCUT2D eigenvalue weighted by atomic mass is 16.5. The lowest BCUT2D eigenvalue weighted by molar-refractivity contribution is -0.137. The summed E-state index contributed by atoms with van der Waals surface area (Å²) in [6.45, 7) is 8.25. The average Bonchev–Trinajstić information content (AvgIpc) is 3.06. The first-order valence-corrected chi connectivity index (χ1v) is 9.28. The number of phenols is 1. The van der Waals surface area contributed by atoms with Crippen molar-refractivity contribution in [2.24, 2.45) is 0 Å². The van der Waals surface area contributed by atoms with Crippen LogP contribution in [0.15, 0.2) is 48.6 Å². The number of carbonyl (C=O) groups is 1. The number of aromatic nitrogens is 3. The summed E-state index contributed by atoms with van der Waals surface area (Å²) in [5, 5.41) is 19.9. The molecule has 0 aliphatic heterocycles. The first-order chi connectivity index (χ1) is 13.3. The number of hydrogen-bond donors (Lipinski definition) is 1. The van der Waals surface area contributed by atoms with E-state index in [1.807, 2.05) is 36.4 Å². The molecule has 0 aliphatic carbocycles. The molecule has 0 bridgehead atoms. The van der Waals surface area contributed by atoms with Crippen LogP contribution in [0.1, 0.15) is 38.8 Å². The first-order valence-electron chi connectivity index (χ1n) is 9.28. The Labute approximate surface area is 164 Å². The molecule has 2 aromatic carbocycles. The number of rotatable bonds is 5. The molecule has 0 atom stereocenters. The summed E-state index contributed by atoms with van der Waals surface area (Å²) in [6, 6.07) is 11.4. The zero-order valence-corrected chi connectivity index (χ0v) is 16.6. The van der Waals surface area contributed by atoms with Gasteiger partial charge in [0.05, 0.1) is 6.61 Å². The van der Waals surface area contributed by atoms with E-state index >= 15 is 0 Å². The Hall–Kier alpha value is -3.15. The number of fused-ring (bicyclic) bond motifs is 1. The van der Waals surface area contributed by atoms with Crippen LogP contribution in [-0.4, -0.2) is 32.7 Å². The number of phenolic OH excluding ortho intramolecular Hbond substituents is 1. The van der Waals surface area contributed by atoms with Crippen LogP contribution in [0, 0.1) is 0 Å². The van der Waals surface area contributed by atoms with Crippen LogP contribution in [0.3, 0.4) is 0 Å². The van der Waals surface area contributed by atoms with Gasteiger partial charge < -0.3 is 9.84 Å². The minimum atomic E-state index is -0.394. The molecule has 0 amide bonds. The van der Waals surface area contributed by atoms with E-state index in [2.05, 4.69) is 31.0 Å². The van der Waals surface area contributed by atoms with Gasteiger partial charge in [0.25, 0.3) is 0 Å². The Balaban J connectivity index is 2.00. The van der Waals surface area contributed by atoms with E-state index in [0.29, 0.717) is 17.7 Å². The van der Waals surface area contributed by atoms with E-state index in [0.717, 1.165) is 16.6 Å². The maximum Gasteiger partial charge on any atom is 0.330 e. The van der Waals surface area contributed by atoms with Gasteiger partial charge in [-0.3, -0.25) is 0 Å². The van der Waals surface area contributed by atoms with Crippen molar-refractivity contribution in [3.8, 4) is 11.4 Å². The molecule has 28 heavy (non-hydrogen) atoms. The second-order valence-electron chi connectivity index (χ2n) is 7.65. The molecule has 1 heterocycles. The number of carbonyl (C=O) groups excluding carboxylic acids is 1. The minimum Gasteiger partial charge on any atom is -0.505 e. The van der Waals surface area contributed by atoms with Crippen LogP contribution in [0.2, 0.25) is 0 Å². The number of aromatic hydroxyl groups is 1. The molecule has 0 spiro atoms. The smallest absolute Gasteiger partial charge is 0.330 e. The van der Waals surface area contributed by atoms with Crippen molar-refractivity contribution in [1.82, 2.24) is 15.0 Å². The zero-order valence-electron chi connectivity index (χ0n) is 16.6. The number of esters is 1. The van der Waals surface area contributed by atoms with Crippen LogP contribution in [0.25, 0.3) is 16.7 Å². The molecule has 0 saturated heterocycles. The van der Waals surface area contributed by atoms with Crippen molar-refractivity contribution < 1.29 is 14.6 Å². The number of ether oxygens (including phenoxy) is 1. The molecule has 0 aliphatic rings. The Kier molecular flexibility index (Phi) is 5.49. The first kappa shape index (κ1) is 19.6. The van der Waals surface area contributed by atoms with Gasteiger partial charge in [0.2, 0.25) is 0 Å². The Bertz CT molecular complexity index is 996. The van der Waals surface area contributed by atoms with Crippen molar-refractivity contribution in [3.63, 3.8) is 0 Å². The monoisotopic (exact) mass is 379 g/mol. The summed E-state index contributed by atoms with van der Waals surface area (Å²) in [5.74, 6) is -0.301. The summed E-state index contributed by atoms with van der Waals surface area (Å²) in [5.41, 5.74) is 3.62. The molecule has 0 fully saturated rings. The van der Waals surface area contributed by atoms with E-state index < -0.39 is 5.97 Å². The van der Waals surface area contributed by atoms with Crippen molar-refractivity contribution in [1.29, 1.82) is 0 Å². The molecule has 0 saturated carbocycles. The van der Waals surface area contributed by atoms with E-state index in [1.165, 1.54) is 10.9 Å². The molecule has 146 valence electrons. The van der Waals surface area contributed by atoms with Crippen LogP contribution >= 0.6 is 0 Å². The van der Waals surface area contributed by atoms with E-state index in [4.69, 9.17) is 4.74 Å². The molecular formula is C22H25N3O3. The second-order valence-corrected chi connectivity index (χ2v) is 7.65. The van der Waals surface area contributed by atoms with Gasteiger partial charge in [-0.05, 0) is 41.7 Å². The second kappa shape index (κ2) is 7.84. The fourth-order valence-electron chi connectivity index (χ4n) is 2.87. The molecule has 3 aromatic rings. The van der Waals surface area contributed by atoms with Crippen molar-refractivity contribution in [3.05, 3.63) is 59.7 Å². The van der Waals surface area contributed by atoms with Crippen LogP contribution in [-0.2, 0) is 21.4 Å². The highest BCUT2D eigenvalue weighted by molar-refractivity contribution is 5.81. The quantitative estimate of drug-likeness (QED) is 0.534. The van der Waals surface area contributed by atoms with Crippen LogP contribution in [0.4, 0.5) is 0 Å². The predicted octanol–water partition coefficient (Wildman–Crippen LogP) is 4.09. The molecular weight excluding hydrogens is 354 g/mol. The third-order valence-electron chi connectivity index (χ3n) is 4.46. The van der Waals surface area contributed by atoms with Crippen LogP contribution < -0.4 is 0 Å².